The molecule has 0 bridgehead atoms. The lowest BCUT2D eigenvalue weighted by Crippen LogP contribution is -2.30. The van der Waals surface area contributed by atoms with Gasteiger partial charge in [0.2, 0.25) is 0 Å². The zero-order chi connectivity index (χ0) is 15.4. The fraction of sp³-hybridized carbons (Fsp3) is 0.188. The van der Waals surface area contributed by atoms with E-state index in [2.05, 4.69) is 5.32 Å². The van der Waals surface area contributed by atoms with Crippen molar-refractivity contribution in [1.82, 2.24) is 0 Å². The van der Waals surface area contributed by atoms with Gasteiger partial charge >= 0.3 is 0 Å². The lowest BCUT2D eigenvalue weighted by atomic mass is 10.2. The topological polar surface area (TPSA) is 38.3 Å². The monoisotopic (exact) mass is 323 g/mol. The molecule has 110 valence electrons. The molecule has 2 aromatic rings. The van der Waals surface area contributed by atoms with E-state index in [0.717, 1.165) is 11.3 Å². The van der Waals surface area contributed by atoms with Gasteiger partial charge < -0.3 is 10.1 Å². The van der Waals surface area contributed by atoms with E-state index in [-0.39, 0.29) is 5.91 Å². The van der Waals surface area contributed by atoms with Crippen LogP contribution in [-0.2, 0) is 4.79 Å². The number of amides is 1. The van der Waals surface area contributed by atoms with Crippen LogP contribution >= 0.6 is 23.2 Å². The molecule has 1 atom stereocenters. The Morgan fingerprint density at radius 1 is 1.10 bits per heavy atom. The Balaban J connectivity index is 1.98. The van der Waals surface area contributed by atoms with E-state index in [1.165, 1.54) is 0 Å². The van der Waals surface area contributed by atoms with Gasteiger partial charge in [-0.25, -0.2) is 0 Å². The molecule has 21 heavy (non-hydrogen) atoms. The summed E-state index contributed by atoms with van der Waals surface area (Å²) in [5.74, 6) is 0.265. The van der Waals surface area contributed by atoms with Gasteiger partial charge in [-0.2, -0.15) is 0 Å². The van der Waals surface area contributed by atoms with Gasteiger partial charge in [0.25, 0.3) is 5.91 Å². The average molecular weight is 324 g/mol. The molecule has 1 N–H and O–H groups in total. The molecule has 0 saturated heterocycles. The van der Waals surface area contributed by atoms with Crippen LogP contribution in [0.3, 0.4) is 0 Å². The normalized spacial score (nSPS) is 11.8. The molecule has 0 aliphatic rings. The van der Waals surface area contributed by atoms with Crippen molar-refractivity contribution in [3.05, 3.63) is 58.1 Å². The van der Waals surface area contributed by atoms with Crippen molar-refractivity contribution in [3.8, 4) is 5.75 Å². The molecule has 0 aliphatic carbocycles. The number of carbonyl (C=O) groups excluding carboxylic acids is 1. The highest BCUT2D eigenvalue weighted by atomic mass is 35.5. The number of nitrogens with one attached hydrogen (secondary N) is 1. The number of benzene rings is 2. The molecule has 2 aromatic carbocycles. The van der Waals surface area contributed by atoms with Gasteiger partial charge in [-0.15, -0.1) is 0 Å². The van der Waals surface area contributed by atoms with Gasteiger partial charge in [0, 0.05) is 11.8 Å². The van der Waals surface area contributed by atoms with Crippen LogP contribution in [0.2, 0.25) is 10.0 Å². The van der Waals surface area contributed by atoms with Crippen LogP contribution in [-0.4, -0.2) is 12.0 Å². The summed E-state index contributed by atoms with van der Waals surface area (Å²) in [5, 5.41) is 3.63. The Morgan fingerprint density at radius 3 is 2.38 bits per heavy atom. The lowest BCUT2D eigenvalue weighted by Gasteiger charge is -2.15. The number of halogens is 2. The molecule has 1 amide bonds. The van der Waals surface area contributed by atoms with Crippen molar-refractivity contribution in [1.29, 1.82) is 0 Å². The number of anilines is 1. The molecule has 5 heteroatoms. The third-order valence-corrected chi connectivity index (χ3v) is 3.63. The fourth-order valence-corrected chi connectivity index (χ4v) is 1.98. The van der Waals surface area contributed by atoms with E-state index in [1.54, 1.807) is 25.1 Å². The second-order valence-corrected chi connectivity index (χ2v) is 5.51. The summed E-state index contributed by atoms with van der Waals surface area (Å²) in [7, 11) is 0. The number of hydrogen-bond acceptors (Lipinski definition) is 2. The molecule has 0 radical (unpaired) electrons. The van der Waals surface area contributed by atoms with Crippen molar-refractivity contribution in [2.75, 3.05) is 5.32 Å². The zero-order valence-electron chi connectivity index (χ0n) is 11.7. The predicted octanol–water partition coefficient (Wildman–Crippen LogP) is 4.71. The molecular formula is C16H15Cl2NO2. The minimum absolute atomic E-state index is 0.232. The number of aryl methyl sites for hydroxylation is 1. The lowest BCUT2D eigenvalue weighted by molar-refractivity contribution is -0.122. The molecule has 2 rings (SSSR count). The van der Waals surface area contributed by atoms with Crippen molar-refractivity contribution in [2.45, 2.75) is 20.0 Å². The molecule has 0 aliphatic heterocycles. The average Bonchev–Trinajstić information content (AvgIpc) is 2.45. The third-order valence-electron chi connectivity index (χ3n) is 2.89. The highest BCUT2D eigenvalue weighted by Gasteiger charge is 2.15. The maximum absolute atomic E-state index is 12.1. The molecule has 1 unspecified atom stereocenters. The predicted molar refractivity (Wildman–Crippen MR) is 86.4 cm³/mol. The number of hydrogen-bond donors (Lipinski definition) is 1. The first-order valence-corrected chi connectivity index (χ1v) is 7.20. The van der Waals surface area contributed by atoms with Crippen LogP contribution in [0.4, 0.5) is 5.69 Å². The van der Waals surface area contributed by atoms with Crippen LogP contribution in [0.15, 0.2) is 42.5 Å². The zero-order valence-corrected chi connectivity index (χ0v) is 13.2. The van der Waals surface area contributed by atoms with Gasteiger partial charge in [0.1, 0.15) is 5.75 Å². The summed E-state index contributed by atoms with van der Waals surface area (Å²) in [5.41, 5.74) is 1.86. The van der Waals surface area contributed by atoms with E-state index in [1.807, 2.05) is 31.2 Å². The molecule has 0 aromatic heterocycles. The summed E-state index contributed by atoms with van der Waals surface area (Å²) in [6.07, 6.45) is -0.649. The minimum atomic E-state index is -0.649. The van der Waals surface area contributed by atoms with Gasteiger partial charge in [-0.3, -0.25) is 4.79 Å². The standard InChI is InChI=1S/C16H15Cl2NO2/c1-10-3-5-12(6-4-10)19-16(20)11(2)21-13-7-8-14(17)15(18)9-13/h3-9,11H,1-2H3,(H,19,20). The number of rotatable bonds is 4. The molecule has 0 fully saturated rings. The summed E-state index contributed by atoms with van der Waals surface area (Å²) in [4.78, 5) is 12.1. The number of ether oxygens (including phenoxy) is 1. The first-order chi connectivity index (χ1) is 9.95. The second kappa shape index (κ2) is 6.83. The highest BCUT2D eigenvalue weighted by molar-refractivity contribution is 6.42. The Morgan fingerprint density at radius 2 is 1.76 bits per heavy atom. The third kappa shape index (κ3) is 4.38. The molecule has 0 spiro atoms. The maximum Gasteiger partial charge on any atom is 0.265 e. The van der Waals surface area contributed by atoms with E-state index >= 15 is 0 Å². The minimum Gasteiger partial charge on any atom is -0.481 e. The smallest absolute Gasteiger partial charge is 0.265 e. The van der Waals surface area contributed by atoms with Crippen LogP contribution in [0.25, 0.3) is 0 Å². The van der Waals surface area contributed by atoms with Gasteiger partial charge in [0.05, 0.1) is 10.0 Å². The number of carbonyl (C=O) groups is 1. The van der Waals surface area contributed by atoms with E-state index in [0.29, 0.717) is 15.8 Å². The Labute approximate surface area is 133 Å². The van der Waals surface area contributed by atoms with Crippen LogP contribution < -0.4 is 10.1 Å². The van der Waals surface area contributed by atoms with Crippen molar-refractivity contribution < 1.29 is 9.53 Å². The van der Waals surface area contributed by atoms with E-state index < -0.39 is 6.10 Å². The molecule has 3 nitrogen and oxygen atoms in total. The van der Waals surface area contributed by atoms with Crippen molar-refractivity contribution >= 4 is 34.8 Å². The Kier molecular flexibility index (Phi) is 5.10. The SMILES string of the molecule is Cc1ccc(NC(=O)C(C)Oc2ccc(Cl)c(Cl)c2)cc1. The fourth-order valence-electron chi connectivity index (χ4n) is 1.69. The van der Waals surface area contributed by atoms with E-state index in [4.69, 9.17) is 27.9 Å². The highest BCUT2D eigenvalue weighted by Crippen LogP contribution is 2.27. The molecular weight excluding hydrogens is 309 g/mol. The summed E-state index contributed by atoms with van der Waals surface area (Å²) in [6.45, 7) is 3.66. The summed E-state index contributed by atoms with van der Waals surface area (Å²) < 4.78 is 5.55. The molecule has 0 heterocycles. The van der Waals surface area contributed by atoms with Crippen LogP contribution in [0, 0.1) is 6.92 Å². The van der Waals surface area contributed by atoms with Crippen LogP contribution in [0.5, 0.6) is 5.75 Å². The van der Waals surface area contributed by atoms with Gasteiger partial charge in [0.15, 0.2) is 6.10 Å². The van der Waals surface area contributed by atoms with Gasteiger partial charge in [-0.05, 0) is 38.1 Å². The quantitative estimate of drug-likeness (QED) is 0.885. The largest absolute Gasteiger partial charge is 0.481 e. The first-order valence-electron chi connectivity index (χ1n) is 6.45. The summed E-state index contributed by atoms with van der Waals surface area (Å²) >= 11 is 11.7. The maximum atomic E-state index is 12.1. The molecule has 0 saturated carbocycles. The Bertz CT molecular complexity index is 641. The van der Waals surface area contributed by atoms with Crippen molar-refractivity contribution in [2.24, 2.45) is 0 Å². The van der Waals surface area contributed by atoms with Crippen molar-refractivity contribution in [3.63, 3.8) is 0 Å². The van der Waals surface area contributed by atoms with Crippen LogP contribution in [0.1, 0.15) is 12.5 Å². The first kappa shape index (κ1) is 15.7. The second-order valence-electron chi connectivity index (χ2n) is 4.69. The summed E-state index contributed by atoms with van der Waals surface area (Å²) in [6, 6.07) is 12.4. The van der Waals surface area contributed by atoms with E-state index in [9.17, 15) is 4.79 Å². The van der Waals surface area contributed by atoms with Gasteiger partial charge in [-0.1, -0.05) is 40.9 Å². The Hall–Kier alpha value is -1.71.